The van der Waals surface area contributed by atoms with E-state index in [-0.39, 0.29) is 5.91 Å². The van der Waals surface area contributed by atoms with Crippen molar-refractivity contribution >= 4 is 5.91 Å². The van der Waals surface area contributed by atoms with Crippen molar-refractivity contribution in [2.45, 2.75) is 40.3 Å². The fourth-order valence-corrected chi connectivity index (χ4v) is 2.49. The minimum atomic E-state index is -0.181. The van der Waals surface area contributed by atoms with Gasteiger partial charge in [0.25, 0.3) is 5.91 Å². The smallest absolute Gasteiger partial charge is 0.287 e. The van der Waals surface area contributed by atoms with E-state index in [1.165, 1.54) is 17.7 Å². The molecule has 0 radical (unpaired) electrons. The number of hydrogen-bond acceptors (Lipinski definition) is 2. The van der Waals surface area contributed by atoms with E-state index in [0.717, 1.165) is 5.56 Å². The van der Waals surface area contributed by atoms with Gasteiger partial charge in [0.15, 0.2) is 5.76 Å². The van der Waals surface area contributed by atoms with E-state index in [9.17, 15) is 4.79 Å². The first-order valence-electron chi connectivity index (χ1n) is 6.49. The average molecular weight is 260 g/mol. The van der Waals surface area contributed by atoms with Crippen LogP contribution in [0.1, 0.15) is 47.4 Å². The second-order valence-corrected chi connectivity index (χ2v) is 5.02. The van der Waals surface area contributed by atoms with Crippen molar-refractivity contribution in [3.05, 3.63) is 47.2 Å². The molecule has 2 aromatic rings. The lowest BCUT2D eigenvalue weighted by Gasteiger charge is -2.13. The summed E-state index contributed by atoms with van der Waals surface area (Å²) >= 11 is 0. The van der Waals surface area contributed by atoms with Crippen LogP contribution in [0.3, 0.4) is 0 Å². The van der Waals surface area contributed by atoms with E-state index in [1.54, 1.807) is 12.1 Å². The summed E-state index contributed by atoms with van der Waals surface area (Å²) in [5.74, 6) is 0.164. The van der Waals surface area contributed by atoms with Gasteiger partial charge in [-0.25, -0.2) is 0 Å². The van der Waals surface area contributed by atoms with Crippen molar-refractivity contribution in [1.29, 1.82) is 0 Å². The number of carbonyl (C=O) groups is 1. The predicted molar refractivity (Wildman–Crippen MR) is 74.2 cm³/mol. The third kappa shape index (κ3) is 2.72. The number of amides is 1. The molecular formula is C15H20N2O2. The number of carbonyl (C=O) groups excluding carboxylic acids is 1. The van der Waals surface area contributed by atoms with Gasteiger partial charge in [-0.05, 0) is 51.5 Å². The third-order valence-electron chi connectivity index (χ3n) is 3.29. The van der Waals surface area contributed by atoms with Crippen LogP contribution in [0.25, 0.3) is 0 Å². The molecule has 1 N–H and O–H groups in total. The van der Waals surface area contributed by atoms with Crippen LogP contribution >= 0.6 is 0 Å². The minimum Gasteiger partial charge on any atom is -0.459 e. The molecule has 4 nitrogen and oxygen atoms in total. The van der Waals surface area contributed by atoms with E-state index in [4.69, 9.17) is 4.42 Å². The molecule has 2 aromatic heterocycles. The van der Waals surface area contributed by atoms with Crippen LogP contribution in [-0.2, 0) is 6.54 Å². The van der Waals surface area contributed by atoms with Crippen LogP contribution in [-0.4, -0.2) is 10.5 Å². The molecule has 0 unspecified atom stereocenters. The molecule has 0 saturated heterocycles. The number of aryl methyl sites for hydroxylation is 1. The maximum Gasteiger partial charge on any atom is 0.287 e. The van der Waals surface area contributed by atoms with Crippen molar-refractivity contribution in [1.82, 2.24) is 9.88 Å². The number of nitrogens with zero attached hydrogens (tertiary/aromatic N) is 1. The Hall–Kier alpha value is -1.97. The summed E-state index contributed by atoms with van der Waals surface area (Å²) < 4.78 is 7.34. The third-order valence-corrected chi connectivity index (χ3v) is 3.29. The minimum absolute atomic E-state index is 0.181. The normalized spacial score (nSPS) is 11.0. The lowest BCUT2D eigenvalue weighted by atomic mass is 10.2. The largest absolute Gasteiger partial charge is 0.459 e. The lowest BCUT2D eigenvalue weighted by molar-refractivity contribution is 0.0923. The van der Waals surface area contributed by atoms with Crippen LogP contribution < -0.4 is 5.32 Å². The lowest BCUT2D eigenvalue weighted by Crippen LogP contribution is -2.22. The van der Waals surface area contributed by atoms with Gasteiger partial charge in [-0.3, -0.25) is 4.79 Å². The zero-order valence-corrected chi connectivity index (χ0v) is 11.9. The van der Waals surface area contributed by atoms with Gasteiger partial charge in [0.1, 0.15) is 0 Å². The molecule has 0 aliphatic carbocycles. The molecule has 2 rings (SSSR count). The van der Waals surface area contributed by atoms with Crippen molar-refractivity contribution in [2.75, 3.05) is 0 Å². The average Bonchev–Trinajstić information content (AvgIpc) is 2.94. The Morgan fingerprint density at radius 3 is 2.68 bits per heavy atom. The molecule has 0 atom stereocenters. The van der Waals surface area contributed by atoms with Gasteiger partial charge < -0.3 is 14.3 Å². The summed E-state index contributed by atoms with van der Waals surface area (Å²) in [5, 5.41) is 2.88. The number of hydrogen-bond donors (Lipinski definition) is 1. The van der Waals surface area contributed by atoms with Crippen LogP contribution in [0, 0.1) is 13.8 Å². The molecule has 102 valence electrons. The SMILES string of the molecule is Cc1cc(CNC(=O)c2ccco2)c(C)n1C(C)C. The fraction of sp³-hybridized carbons (Fsp3) is 0.400. The van der Waals surface area contributed by atoms with Gasteiger partial charge >= 0.3 is 0 Å². The maximum atomic E-state index is 11.8. The summed E-state index contributed by atoms with van der Waals surface area (Å²) in [5.41, 5.74) is 3.56. The highest BCUT2D eigenvalue weighted by Gasteiger charge is 2.13. The van der Waals surface area contributed by atoms with Gasteiger partial charge in [-0.1, -0.05) is 0 Å². The zero-order valence-electron chi connectivity index (χ0n) is 11.9. The van der Waals surface area contributed by atoms with E-state index in [1.807, 2.05) is 0 Å². The quantitative estimate of drug-likeness (QED) is 0.917. The highest BCUT2D eigenvalue weighted by molar-refractivity contribution is 5.91. The van der Waals surface area contributed by atoms with Crippen LogP contribution in [0.2, 0.25) is 0 Å². The van der Waals surface area contributed by atoms with Crippen LogP contribution in [0.4, 0.5) is 0 Å². The van der Waals surface area contributed by atoms with E-state index in [2.05, 4.69) is 43.6 Å². The number of aromatic nitrogens is 1. The number of rotatable bonds is 4. The molecule has 1 amide bonds. The summed E-state index contributed by atoms with van der Waals surface area (Å²) in [7, 11) is 0. The van der Waals surface area contributed by atoms with Crippen molar-refractivity contribution in [3.8, 4) is 0 Å². The van der Waals surface area contributed by atoms with Crippen molar-refractivity contribution in [2.24, 2.45) is 0 Å². The fourth-order valence-electron chi connectivity index (χ4n) is 2.49. The van der Waals surface area contributed by atoms with E-state index < -0.39 is 0 Å². The Bertz CT molecular complexity index is 565. The van der Waals surface area contributed by atoms with Crippen LogP contribution in [0.5, 0.6) is 0 Å². The molecule has 2 heterocycles. The molecule has 0 bridgehead atoms. The standard InChI is InChI=1S/C15H20N2O2/c1-10(2)17-11(3)8-13(12(17)4)9-16-15(18)14-6-5-7-19-14/h5-8,10H,9H2,1-4H3,(H,16,18). The van der Waals surface area contributed by atoms with Gasteiger partial charge in [0.05, 0.1) is 6.26 Å². The summed E-state index contributed by atoms with van der Waals surface area (Å²) in [6.45, 7) is 9.01. The van der Waals surface area contributed by atoms with E-state index in [0.29, 0.717) is 18.3 Å². The number of furan rings is 1. The first-order chi connectivity index (χ1) is 9.00. The molecule has 0 saturated carbocycles. The Morgan fingerprint density at radius 1 is 1.42 bits per heavy atom. The second kappa shape index (κ2) is 5.34. The molecule has 0 fully saturated rings. The molecule has 0 aliphatic heterocycles. The summed E-state index contributed by atoms with van der Waals surface area (Å²) in [6, 6.07) is 5.92. The second-order valence-electron chi connectivity index (χ2n) is 5.02. The molecule has 0 aromatic carbocycles. The van der Waals surface area contributed by atoms with Gasteiger partial charge in [-0.15, -0.1) is 0 Å². The zero-order chi connectivity index (χ0) is 14.0. The monoisotopic (exact) mass is 260 g/mol. The van der Waals surface area contributed by atoms with Gasteiger partial charge in [-0.2, -0.15) is 0 Å². The predicted octanol–water partition coefficient (Wildman–Crippen LogP) is 3.21. The first-order valence-corrected chi connectivity index (χ1v) is 6.49. The maximum absolute atomic E-state index is 11.8. The highest BCUT2D eigenvalue weighted by Crippen LogP contribution is 2.20. The summed E-state index contributed by atoms with van der Waals surface area (Å²) in [6.07, 6.45) is 1.50. The van der Waals surface area contributed by atoms with Gasteiger partial charge in [0, 0.05) is 24.0 Å². The Labute approximate surface area is 113 Å². The molecule has 0 spiro atoms. The van der Waals surface area contributed by atoms with Crippen LogP contribution in [0.15, 0.2) is 28.9 Å². The molecule has 4 heteroatoms. The topological polar surface area (TPSA) is 47.2 Å². The Kier molecular flexibility index (Phi) is 3.79. The summed E-state index contributed by atoms with van der Waals surface area (Å²) in [4.78, 5) is 11.8. The highest BCUT2D eigenvalue weighted by atomic mass is 16.3. The first kappa shape index (κ1) is 13.5. The van der Waals surface area contributed by atoms with Crippen molar-refractivity contribution < 1.29 is 9.21 Å². The molecule has 0 aliphatic rings. The van der Waals surface area contributed by atoms with E-state index >= 15 is 0 Å². The Balaban J connectivity index is 2.08. The Morgan fingerprint density at radius 2 is 2.16 bits per heavy atom. The van der Waals surface area contributed by atoms with Gasteiger partial charge in [0.2, 0.25) is 0 Å². The molecule has 19 heavy (non-hydrogen) atoms. The number of nitrogens with one attached hydrogen (secondary N) is 1. The molecular weight excluding hydrogens is 240 g/mol. The van der Waals surface area contributed by atoms with Crippen molar-refractivity contribution in [3.63, 3.8) is 0 Å².